The van der Waals surface area contributed by atoms with Crippen LogP contribution in [0.25, 0.3) is 0 Å². The topological polar surface area (TPSA) is 76.7 Å². The van der Waals surface area contributed by atoms with Gasteiger partial charge < -0.3 is 9.47 Å². The third-order valence-electron chi connectivity index (χ3n) is 3.13. The predicted octanol–water partition coefficient (Wildman–Crippen LogP) is 3.58. The summed E-state index contributed by atoms with van der Waals surface area (Å²) < 4.78 is 46.2. The lowest BCUT2D eigenvalue weighted by atomic mass is 10.2. The molecule has 0 bridgehead atoms. The summed E-state index contributed by atoms with van der Waals surface area (Å²) in [6.45, 7) is 1.49. The zero-order chi connectivity index (χ0) is 20.0. The van der Waals surface area contributed by atoms with Gasteiger partial charge in [0, 0.05) is 10.0 Å². The van der Waals surface area contributed by atoms with Crippen LogP contribution in [0.5, 0.6) is 11.5 Å². The molecule has 1 unspecified atom stereocenters. The van der Waals surface area contributed by atoms with Crippen LogP contribution in [-0.2, 0) is 4.79 Å². The van der Waals surface area contributed by atoms with E-state index in [4.69, 9.17) is 4.74 Å². The van der Waals surface area contributed by atoms with Gasteiger partial charge in [0.2, 0.25) is 0 Å². The van der Waals surface area contributed by atoms with Crippen molar-refractivity contribution >= 4 is 27.7 Å². The van der Waals surface area contributed by atoms with Gasteiger partial charge in [-0.1, -0.05) is 22.0 Å². The standard InChI is InChI=1S/C17H14BrF3N2O4/c1-10(26-14-4-2-3-12(18)9-14)15(24)22-23-16(25)11-5-7-13(8-6-11)27-17(19,20)21/h2-10H,1H3,(H,22,24)(H,23,25). The molecule has 0 aromatic heterocycles. The molecule has 0 saturated carbocycles. The molecule has 2 aromatic rings. The van der Waals surface area contributed by atoms with Gasteiger partial charge in [-0.2, -0.15) is 0 Å². The Bertz CT molecular complexity index is 813. The van der Waals surface area contributed by atoms with Gasteiger partial charge in [0.05, 0.1) is 0 Å². The Labute approximate surface area is 160 Å². The molecule has 10 heteroatoms. The first-order valence-electron chi connectivity index (χ1n) is 7.52. The number of hydrogen-bond donors (Lipinski definition) is 2. The summed E-state index contributed by atoms with van der Waals surface area (Å²) in [6.07, 6.45) is -5.72. The van der Waals surface area contributed by atoms with E-state index in [1.807, 2.05) is 0 Å². The van der Waals surface area contributed by atoms with E-state index in [0.29, 0.717) is 5.75 Å². The van der Waals surface area contributed by atoms with Crippen molar-refractivity contribution in [1.29, 1.82) is 0 Å². The van der Waals surface area contributed by atoms with Gasteiger partial charge in [0.1, 0.15) is 11.5 Å². The minimum absolute atomic E-state index is 0.0328. The maximum Gasteiger partial charge on any atom is 0.573 e. The maximum atomic E-state index is 12.1. The number of hydrazine groups is 1. The van der Waals surface area contributed by atoms with E-state index in [1.54, 1.807) is 24.3 Å². The summed E-state index contributed by atoms with van der Waals surface area (Å²) in [5, 5.41) is 0. The van der Waals surface area contributed by atoms with E-state index in [2.05, 4.69) is 31.5 Å². The van der Waals surface area contributed by atoms with Crippen LogP contribution >= 0.6 is 15.9 Å². The molecule has 0 aliphatic carbocycles. The summed E-state index contributed by atoms with van der Waals surface area (Å²) in [5.74, 6) is -1.32. The molecule has 2 amide bonds. The summed E-state index contributed by atoms with van der Waals surface area (Å²) in [6, 6.07) is 11.1. The minimum Gasteiger partial charge on any atom is -0.481 e. The summed E-state index contributed by atoms with van der Waals surface area (Å²) in [5.41, 5.74) is 4.37. The Hall–Kier alpha value is -2.75. The SMILES string of the molecule is CC(Oc1cccc(Br)c1)C(=O)NNC(=O)c1ccc(OC(F)(F)F)cc1. The lowest BCUT2D eigenvalue weighted by Gasteiger charge is -2.15. The van der Waals surface area contributed by atoms with Crippen molar-refractivity contribution in [1.82, 2.24) is 10.9 Å². The molecule has 0 spiro atoms. The molecule has 0 aliphatic heterocycles. The Morgan fingerprint density at radius 1 is 1.04 bits per heavy atom. The third kappa shape index (κ3) is 6.81. The lowest BCUT2D eigenvalue weighted by molar-refractivity contribution is -0.274. The lowest BCUT2D eigenvalue weighted by Crippen LogP contribution is -2.47. The van der Waals surface area contributed by atoms with Crippen LogP contribution in [0.1, 0.15) is 17.3 Å². The second-order valence-electron chi connectivity index (χ2n) is 5.23. The number of hydrogen-bond acceptors (Lipinski definition) is 4. The van der Waals surface area contributed by atoms with E-state index in [1.165, 1.54) is 6.92 Å². The Morgan fingerprint density at radius 2 is 1.70 bits per heavy atom. The number of nitrogens with one attached hydrogen (secondary N) is 2. The largest absolute Gasteiger partial charge is 0.573 e. The quantitative estimate of drug-likeness (QED) is 0.688. The molecular formula is C17H14BrF3N2O4. The highest BCUT2D eigenvalue weighted by molar-refractivity contribution is 9.10. The first-order valence-corrected chi connectivity index (χ1v) is 8.31. The van der Waals surface area contributed by atoms with Crippen LogP contribution in [0.4, 0.5) is 13.2 Å². The van der Waals surface area contributed by atoms with E-state index >= 15 is 0 Å². The molecule has 0 saturated heterocycles. The number of alkyl halides is 3. The van der Waals surface area contributed by atoms with E-state index in [0.717, 1.165) is 28.7 Å². The van der Waals surface area contributed by atoms with Gasteiger partial charge in [-0.15, -0.1) is 13.2 Å². The number of amides is 2. The first kappa shape index (κ1) is 20.6. The van der Waals surface area contributed by atoms with Gasteiger partial charge >= 0.3 is 6.36 Å². The highest BCUT2D eigenvalue weighted by Crippen LogP contribution is 2.22. The number of carbonyl (C=O) groups is 2. The van der Waals surface area contributed by atoms with Gasteiger partial charge in [-0.3, -0.25) is 20.4 Å². The number of halogens is 4. The highest BCUT2D eigenvalue weighted by Gasteiger charge is 2.31. The van der Waals surface area contributed by atoms with Crippen molar-refractivity contribution < 1.29 is 32.2 Å². The van der Waals surface area contributed by atoms with Gasteiger partial charge in [0.25, 0.3) is 11.8 Å². The minimum atomic E-state index is -4.82. The maximum absolute atomic E-state index is 12.1. The molecule has 0 aliphatic rings. The molecule has 2 rings (SSSR count). The van der Waals surface area contributed by atoms with Crippen LogP contribution in [-0.4, -0.2) is 24.3 Å². The molecule has 1 atom stereocenters. The monoisotopic (exact) mass is 446 g/mol. The smallest absolute Gasteiger partial charge is 0.481 e. The normalized spacial score (nSPS) is 12.0. The summed E-state index contributed by atoms with van der Waals surface area (Å²) in [4.78, 5) is 23.9. The number of carbonyl (C=O) groups excluding carboxylic acids is 2. The van der Waals surface area contributed by atoms with Crippen molar-refractivity contribution in [3.63, 3.8) is 0 Å². The fourth-order valence-corrected chi connectivity index (χ4v) is 2.28. The number of rotatable bonds is 5. The molecule has 2 N–H and O–H groups in total. The van der Waals surface area contributed by atoms with Gasteiger partial charge in [-0.05, 0) is 49.4 Å². The molecule has 0 radical (unpaired) electrons. The first-order chi connectivity index (χ1) is 12.6. The molecule has 144 valence electrons. The highest BCUT2D eigenvalue weighted by atomic mass is 79.9. The Balaban J connectivity index is 1.86. The van der Waals surface area contributed by atoms with Crippen molar-refractivity contribution in [2.45, 2.75) is 19.4 Å². The zero-order valence-corrected chi connectivity index (χ0v) is 15.4. The molecule has 6 nitrogen and oxygen atoms in total. The van der Waals surface area contributed by atoms with Gasteiger partial charge in [0.15, 0.2) is 6.10 Å². The predicted molar refractivity (Wildman–Crippen MR) is 93.0 cm³/mol. The molecule has 27 heavy (non-hydrogen) atoms. The van der Waals surface area contributed by atoms with Crippen molar-refractivity contribution in [3.05, 3.63) is 58.6 Å². The molecular weight excluding hydrogens is 433 g/mol. The van der Waals surface area contributed by atoms with Gasteiger partial charge in [-0.25, -0.2) is 0 Å². The van der Waals surface area contributed by atoms with Crippen molar-refractivity contribution in [3.8, 4) is 11.5 Å². The van der Waals surface area contributed by atoms with Crippen LogP contribution in [0.2, 0.25) is 0 Å². The van der Waals surface area contributed by atoms with Crippen molar-refractivity contribution in [2.75, 3.05) is 0 Å². The zero-order valence-electron chi connectivity index (χ0n) is 13.8. The average Bonchev–Trinajstić information content (AvgIpc) is 2.58. The average molecular weight is 447 g/mol. The summed E-state index contributed by atoms with van der Waals surface area (Å²) >= 11 is 3.28. The van der Waals surface area contributed by atoms with Crippen molar-refractivity contribution in [2.24, 2.45) is 0 Å². The molecule has 0 fully saturated rings. The Morgan fingerprint density at radius 3 is 2.30 bits per heavy atom. The van der Waals surface area contributed by atoms with E-state index in [-0.39, 0.29) is 5.56 Å². The fourth-order valence-electron chi connectivity index (χ4n) is 1.90. The molecule has 2 aromatic carbocycles. The third-order valence-corrected chi connectivity index (χ3v) is 3.62. The van der Waals surface area contributed by atoms with E-state index in [9.17, 15) is 22.8 Å². The van der Waals surface area contributed by atoms with E-state index < -0.39 is 30.0 Å². The second-order valence-corrected chi connectivity index (χ2v) is 6.15. The fraction of sp³-hybridized carbons (Fsp3) is 0.176. The molecule has 0 heterocycles. The summed E-state index contributed by atoms with van der Waals surface area (Å²) in [7, 11) is 0. The second kappa shape index (κ2) is 8.76. The van der Waals surface area contributed by atoms with Crippen LogP contribution in [0.15, 0.2) is 53.0 Å². The van der Waals surface area contributed by atoms with Crippen LogP contribution < -0.4 is 20.3 Å². The number of ether oxygens (including phenoxy) is 2. The number of benzene rings is 2. The Kier molecular flexibility index (Phi) is 6.67. The van der Waals surface area contributed by atoms with Crippen LogP contribution in [0, 0.1) is 0 Å². The van der Waals surface area contributed by atoms with Crippen LogP contribution in [0.3, 0.4) is 0 Å².